The number of hydrogen-bond acceptors (Lipinski definition) is 2. The molecular formula is C7H3F4NO. The van der Waals surface area contributed by atoms with E-state index in [2.05, 4.69) is 4.98 Å². The number of aromatic nitrogens is 1. The third kappa shape index (κ3) is 1.82. The molecule has 1 heterocycles. The van der Waals surface area contributed by atoms with E-state index in [4.69, 9.17) is 0 Å². The van der Waals surface area contributed by atoms with Gasteiger partial charge in [0.1, 0.15) is 5.69 Å². The SMILES string of the molecule is O=Cc1nccc(C(F)(F)F)c1F. The van der Waals surface area contributed by atoms with Crippen LogP contribution in [-0.2, 0) is 6.18 Å². The van der Waals surface area contributed by atoms with Gasteiger partial charge in [-0.3, -0.25) is 9.78 Å². The zero-order chi connectivity index (χ0) is 10.1. The number of rotatable bonds is 1. The maximum atomic E-state index is 12.8. The van der Waals surface area contributed by atoms with Crippen molar-refractivity contribution in [2.45, 2.75) is 6.18 Å². The van der Waals surface area contributed by atoms with E-state index in [1.165, 1.54) is 0 Å². The zero-order valence-corrected chi connectivity index (χ0v) is 6.10. The van der Waals surface area contributed by atoms with Gasteiger partial charge in [0, 0.05) is 6.20 Å². The predicted molar refractivity (Wildman–Crippen MR) is 34.6 cm³/mol. The van der Waals surface area contributed by atoms with Gasteiger partial charge in [-0.1, -0.05) is 0 Å². The van der Waals surface area contributed by atoms with Crippen LogP contribution in [0.4, 0.5) is 17.6 Å². The molecule has 2 nitrogen and oxygen atoms in total. The normalized spacial score (nSPS) is 11.4. The molecule has 1 aromatic rings. The minimum Gasteiger partial charge on any atom is -0.296 e. The summed E-state index contributed by atoms with van der Waals surface area (Å²) in [5.41, 5.74) is -2.32. The highest BCUT2D eigenvalue weighted by Crippen LogP contribution is 2.31. The molecule has 70 valence electrons. The molecular weight excluding hydrogens is 190 g/mol. The van der Waals surface area contributed by atoms with Crippen molar-refractivity contribution in [1.29, 1.82) is 0 Å². The van der Waals surface area contributed by atoms with Crippen molar-refractivity contribution in [3.8, 4) is 0 Å². The average Bonchev–Trinajstić information content (AvgIpc) is 2.02. The Labute approximate surface area is 70.2 Å². The second-order valence-corrected chi connectivity index (χ2v) is 2.17. The van der Waals surface area contributed by atoms with Gasteiger partial charge in [-0.25, -0.2) is 4.39 Å². The third-order valence-electron chi connectivity index (χ3n) is 1.33. The standard InChI is InChI=1S/C7H3F4NO/c8-6-4(7(9,10)11)1-2-12-5(6)3-13/h1-3H. The molecule has 0 bridgehead atoms. The average molecular weight is 193 g/mol. The summed E-state index contributed by atoms with van der Waals surface area (Å²) >= 11 is 0. The quantitative estimate of drug-likeness (QED) is 0.504. The summed E-state index contributed by atoms with van der Waals surface area (Å²) in [7, 11) is 0. The smallest absolute Gasteiger partial charge is 0.296 e. The van der Waals surface area contributed by atoms with E-state index < -0.39 is 23.3 Å². The monoisotopic (exact) mass is 193 g/mol. The van der Waals surface area contributed by atoms with Gasteiger partial charge in [-0.05, 0) is 6.07 Å². The Morgan fingerprint density at radius 1 is 1.38 bits per heavy atom. The van der Waals surface area contributed by atoms with Gasteiger partial charge in [0.05, 0.1) is 5.56 Å². The molecule has 0 spiro atoms. The van der Waals surface area contributed by atoms with Gasteiger partial charge in [0.25, 0.3) is 0 Å². The molecule has 0 aliphatic rings. The van der Waals surface area contributed by atoms with Crippen molar-refractivity contribution in [1.82, 2.24) is 4.98 Å². The predicted octanol–water partition coefficient (Wildman–Crippen LogP) is 2.05. The van der Waals surface area contributed by atoms with Crippen molar-refractivity contribution >= 4 is 6.29 Å². The maximum Gasteiger partial charge on any atom is 0.419 e. The lowest BCUT2D eigenvalue weighted by atomic mass is 10.2. The number of hydrogen-bond donors (Lipinski definition) is 0. The van der Waals surface area contributed by atoms with Gasteiger partial charge in [0.2, 0.25) is 0 Å². The molecule has 0 saturated carbocycles. The van der Waals surface area contributed by atoms with Crippen LogP contribution in [0, 0.1) is 5.82 Å². The fourth-order valence-corrected chi connectivity index (χ4v) is 0.761. The molecule has 0 N–H and O–H groups in total. The summed E-state index contributed by atoms with van der Waals surface area (Å²) in [6, 6.07) is 0.475. The first-order valence-electron chi connectivity index (χ1n) is 3.13. The van der Waals surface area contributed by atoms with Gasteiger partial charge in [-0.15, -0.1) is 0 Å². The number of pyridine rings is 1. The van der Waals surface area contributed by atoms with E-state index in [1.807, 2.05) is 0 Å². The number of nitrogens with zero attached hydrogens (tertiary/aromatic N) is 1. The number of carbonyl (C=O) groups is 1. The highest BCUT2D eigenvalue weighted by molar-refractivity contribution is 5.72. The summed E-state index contributed by atoms with van der Waals surface area (Å²) in [6.45, 7) is 0. The largest absolute Gasteiger partial charge is 0.419 e. The molecule has 13 heavy (non-hydrogen) atoms. The van der Waals surface area contributed by atoms with Crippen LogP contribution in [0.15, 0.2) is 12.3 Å². The van der Waals surface area contributed by atoms with E-state index in [-0.39, 0.29) is 6.29 Å². The van der Waals surface area contributed by atoms with Gasteiger partial charge in [-0.2, -0.15) is 13.2 Å². The molecule has 0 fully saturated rings. The molecule has 0 amide bonds. The summed E-state index contributed by atoms with van der Waals surface area (Å²) in [5.74, 6) is -1.63. The van der Waals surface area contributed by atoms with Crippen LogP contribution in [0.5, 0.6) is 0 Å². The number of aldehydes is 1. The second-order valence-electron chi connectivity index (χ2n) is 2.17. The molecule has 1 rings (SSSR count). The third-order valence-corrected chi connectivity index (χ3v) is 1.33. The Balaban J connectivity index is 3.32. The molecule has 0 aromatic carbocycles. The molecule has 0 atom stereocenters. The van der Waals surface area contributed by atoms with E-state index >= 15 is 0 Å². The van der Waals surface area contributed by atoms with Crippen LogP contribution < -0.4 is 0 Å². The van der Waals surface area contributed by atoms with Crippen LogP contribution in [0.1, 0.15) is 16.1 Å². The maximum absolute atomic E-state index is 12.8. The lowest BCUT2D eigenvalue weighted by molar-refractivity contribution is -0.140. The topological polar surface area (TPSA) is 30.0 Å². The van der Waals surface area contributed by atoms with Gasteiger partial charge >= 0.3 is 6.18 Å². The Hall–Kier alpha value is -1.46. The molecule has 6 heteroatoms. The highest BCUT2D eigenvalue weighted by atomic mass is 19.4. The number of alkyl halides is 3. The molecule has 0 aliphatic carbocycles. The van der Waals surface area contributed by atoms with Crippen LogP contribution in [0.25, 0.3) is 0 Å². The molecule has 0 aliphatic heterocycles. The van der Waals surface area contributed by atoms with Crippen molar-refractivity contribution < 1.29 is 22.4 Å². The fraction of sp³-hybridized carbons (Fsp3) is 0.143. The lowest BCUT2D eigenvalue weighted by Gasteiger charge is -2.07. The summed E-state index contributed by atoms with van der Waals surface area (Å²) in [4.78, 5) is 13.2. The van der Waals surface area contributed by atoms with Crippen molar-refractivity contribution in [2.75, 3.05) is 0 Å². The second kappa shape index (κ2) is 3.12. The van der Waals surface area contributed by atoms with E-state index in [1.54, 1.807) is 0 Å². The fourth-order valence-electron chi connectivity index (χ4n) is 0.761. The number of carbonyl (C=O) groups excluding carboxylic acids is 1. The van der Waals surface area contributed by atoms with Crippen molar-refractivity contribution in [3.05, 3.63) is 29.3 Å². The van der Waals surface area contributed by atoms with Crippen molar-refractivity contribution in [2.24, 2.45) is 0 Å². The van der Waals surface area contributed by atoms with Gasteiger partial charge in [0.15, 0.2) is 12.1 Å². The molecule has 1 aromatic heterocycles. The Morgan fingerprint density at radius 2 is 2.00 bits per heavy atom. The first-order chi connectivity index (χ1) is 5.96. The van der Waals surface area contributed by atoms with Crippen LogP contribution >= 0.6 is 0 Å². The van der Waals surface area contributed by atoms with E-state index in [0.29, 0.717) is 6.07 Å². The summed E-state index contributed by atoms with van der Waals surface area (Å²) < 4.78 is 48.7. The molecule has 0 unspecified atom stereocenters. The Bertz CT molecular complexity index is 334. The van der Waals surface area contributed by atoms with E-state index in [0.717, 1.165) is 6.20 Å². The highest BCUT2D eigenvalue weighted by Gasteiger charge is 2.35. The van der Waals surface area contributed by atoms with Crippen molar-refractivity contribution in [3.63, 3.8) is 0 Å². The first-order valence-corrected chi connectivity index (χ1v) is 3.13. The van der Waals surface area contributed by atoms with E-state index in [9.17, 15) is 22.4 Å². The molecule has 0 saturated heterocycles. The number of halogens is 4. The summed E-state index contributed by atoms with van der Waals surface area (Å²) in [6.07, 6.45) is -4.13. The summed E-state index contributed by atoms with van der Waals surface area (Å²) in [5, 5.41) is 0. The van der Waals surface area contributed by atoms with Crippen LogP contribution in [0.3, 0.4) is 0 Å². The van der Waals surface area contributed by atoms with Crippen LogP contribution in [-0.4, -0.2) is 11.3 Å². The molecule has 0 radical (unpaired) electrons. The van der Waals surface area contributed by atoms with Gasteiger partial charge < -0.3 is 0 Å². The Morgan fingerprint density at radius 3 is 2.46 bits per heavy atom. The first kappa shape index (κ1) is 9.63. The van der Waals surface area contributed by atoms with Crippen LogP contribution in [0.2, 0.25) is 0 Å². The lowest BCUT2D eigenvalue weighted by Crippen LogP contribution is -2.10. The minimum absolute atomic E-state index is 0.0649. The Kier molecular flexibility index (Phi) is 2.31. The zero-order valence-electron chi connectivity index (χ0n) is 6.10. The minimum atomic E-state index is -4.80.